The summed E-state index contributed by atoms with van der Waals surface area (Å²) in [5.41, 5.74) is 0.996. The predicted octanol–water partition coefficient (Wildman–Crippen LogP) is 4.58. The van der Waals surface area contributed by atoms with Gasteiger partial charge < -0.3 is 10.2 Å². The van der Waals surface area contributed by atoms with Gasteiger partial charge in [0.1, 0.15) is 0 Å². The molecule has 2 aromatic rings. The van der Waals surface area contributed by atoms with Crippen molar-refractivity contribution < 1.29 is 9.59 Å². The summed E-state index contributed by atoms with van der Waals surface area (Å²) in [7, 11) is 1.55. The van der Waals surface area contributed by atoms with Gasteiger partial charge in [0.2, 0.25) is 5.91 Å². The second-order valence-corrected chi connectivity index (χ2v) is 6.99. The highest BCUT2D eigenvalue weighted by Gasteiger charge is 2.18. The number of halogens is 3. The van der Waals surface area contributed by atoms with E-state index in [1.807, 2.05) is 18.2 Å². The molecule has 2 aromatic carbocycles. The summed E-state index contributed by atoms with van der Waals surface area (Å²) in [4.78, 5) is 25.8. The molecule has 0 heterocycles. The molecule has 0 bridgehead atoms. The van der Waals surface area contributed by atoms with Crippen molar-refractivity contribution >= 4 is 61.0 Å². The third-order valence-electron chi connectivity index (χ3n) is 3.03. The van der Waals surface area contributed by atoms with Gasteiger partial charge in [-0.25, -0.2) is 0 Å². The molecule has 0 saturated heterocycles. The zero-order valence-electron chi connectivity index (χ0n) is 12.1. The molecule has 4 nitrogen and oxygen atoms in total. The number of amides is 2. The van der Waals surface area contributed by atoms with E-state index in [1.54, 1.807) is 31.3 Å². The lowest BCUT2D eigenvalue weighted by atomic mass is 10.2. The van der Waals surface area contributed by atoms with Crippen LogP contribution in [0.15, 0.2) is 51.4 Å². The van der Waals surface area contributed by atoms with Crippen LogP contribution in [0.5, 0.6) is 0 Å². The van der Waals surface area contributed by atoms with Crippen LogP contribution in [0.4, 0.5) is 5.69 Å². The van der Waals surface area contributed by atoms with Crippen molar-refractivity contribution in [2.24, 2.45) is 0 Å². The molecule has 0 aliphatic heterocycles. The summed E-state index contributed by atoms with van der Waals surface area (Å²) in [5.74, 6) is -0.613. The Bertz CT molecular complexity index is 753. The van der Waals surface area contributed by atoms with Gasteiger partial charge in [-0.05, 0) is 46.3 Å². The van der Waals surface area contributed by atoms with Crippen LogP contribution in [0.2, 0.25) is 5.02 Å². The van der Waals surface area contributed by atoms with Crippen LogP contribution in [-0.2, 0) is 4.79 Å². The quantitative estimate of drug-likeness (QED) is 0.726. The van der Waals surface area contributed by atoms with E-state index >= 15 is 0 Å². The Hall–Kier alpha value is -1.37. The van der Waals surface area contributed by atoms with Crippen molar-refractivity contribution in [3.63, 3.8) is 0 Å². The Balaban J connectivity index is 2.05. The summed E-state index contributed by atoms with van der Waals surface area (Å²) in [5, 5.41) is 3.10. The Morgan fingerprint density at radius 3 is 2.57 bits per heavy atom. The van der Waals surface area contributed by atoms with E-state index < -0.39 is 0 Å². The monoisotopic (exact) mass is 458 g/mol. The van der Waals surface area contributed by atoms with Crippen molar-refractivity contribution in [3.05, 3.63) is 62.0 Å². The molecule has 0 aliphatic rings. The van der Waals surface area contributed by atoms with Crippen LogP contribution < -0.4 is 5.32 Å². The van der Waals surface area contributed by atoms with Crippen LogP contribution in [0, 0.1) is 0 Å². The normalized spacial score (nSPS) is 10.3. The van der Waals surface area contributed by atoms with Crippen molar-refractivity contribution in [2.75, 3.05) is 18.9 Å². The van der Waals surface area contributed by atoms with Crippen molar-refractivity contribution in [1.29, 1.82) is 0 Å². The molecule has 0 unspecified atom stereocenters. The standard InChI is InChI=1S/C16H13Br2ClN2O2/c1-21(16(23)11-8-10(17)6-7-13(11)19)9-15(22)20-14-5-3-2-4-12(14)18/h2-8H,9H2,1H3,(H,20,22). The number of nitrogens with zero attached hydrogens (tertiary/aromatic N) is 1. The molecule has 1 N–H and O–H groups in total. The maximum Gasteiger partial charge on any atom is 0.255 e. The maximum atomic E-state index is 12.4. The van der Waals surface area contributed by atoms with Gasteiger partial charge in [0, 0.05) is 16.0 Å². The molecule has 120 valence electrons. The molecule has 0 aliphatic carbocycles. The van der Waals surface area contributed by atoms with Crippen LogP contribution in [0.1, 0.15) is 10.4 Å². The predicted molar refractivity (Wildman–Crippen MR) is 98.9 cm³/mol. The smallest absolute Gasteiger partial charge is 0.255 e. The zero-order valence-corrected chi connectivity index (χ0v) is 16.1. The lowest BCUT2D eigenvalue weighted by Crippen LogP contribution is -2.35. The number of para-hydroxylation sites is 1. The minimum Gasteiger partial charge on any atom is -0.332 e. The molecular weight excluding hydrogens is 447 g/mol. The average molecular weight is 461 g/mol. The molecule has 2 rings (SSSR count). The number of hydrogen-bond donors (Lipinski definition) is 1. The van der Waals surface area contributed by atoms with E-state index in [0.717, 1.165) is 8.95 Å². The fraction of sp³-hybridized carbons (Fsp3) is 0.125. The van der Waals surface area contributed by atoms with E-state index in [0.29, 0.717) is 16.3 Å². The summed E-state index contributed by atoms with van der Waals surface area (Å²) >= 11 is 12.7. The largest absolute Gasteiger partial charge is 0.332 e. The SMILES string of the molecule is CN(CC(=O)Nc1ccccc1Br)C(=O)c1cc(Br)ccc1Cl. The summed E-state index contributed by atoms with van der Waals surface area (Å²) in [6.07, 6.45) is 0. The van der Waals surface area contributed by atoms with Crippen LogP contribution >= 0.6 is 43.5 Å². The number of likely N-dealkylation sites (N-methyl/N-ethyl adjacent to an activating group) is 1. The van der Waals surface area contributed by atoms with Crippen LogP contribution in [0.25, 0.3) is 0 Å². The minimum absolute atomic E-state index is 0.0803. The van der Waals surface area contributed by atoms with E-state index in [4.69, 9.17) is 11.6 Å². The van der Waals surface area contributed by atoms with Gasteiger partial charge in [-0.15, -0.1) is 0 Å². The second kappa shape index (κ2) is 7.95. The van der Waals surface area contributed by atoms with Crippen molar-refractivity contribution in [1.82, 2.24) is 4.90 Å². The van der Waals surface area contributed by atoms with Crippen LogP contribution in [0.3, 0.4) is 0 Å². The van der Waals surface area contributed by atoms with Gasteiger partial charge in [0.15, 0.2) is 0 Å². The van der Waals surface area contributed by atoms with Gasteiger partial charge >= 0.3 is 0 Å². The summed E-state index contributed by atoms with van der Waals surface area (Å²) in [6.45, 7) is -0.0803. The number of rotatable bonds is 4. The Kier molecular flexibility index (Phi) is 6.21. The number of benzene rings is 2. The Labute approximate surface area is 156 Å². The average Bonchev–Trinajstić information content (AvgIpc) is 2.51. The first-order valence-corrected chi connectivity index (χ1v) is 8.60. The molecule has 0 aromatic heterocycles. The fourth-order valence-corrected chi connectivity index (χ4v) is 2.85. The molecule has 0 spiro atoms. The Morgan fingerprint density at radius 2 is 1.87 bits per heavy atom. The fourth-order valence-electron chi connectivity index (χ4n) is 1.91. The van der Waals surface area contributed by atoms with E-state index in [2.05, 4.69) is 37.2 Å². The highest BCUT2D eigenvalue weighted by atomic mass is 79.9. The molecule has 7 heteroatoms. The molecule has 0 saturated carbocycles. The van der Waals surface area contributed by atoms with E-state index in [9.17, 15) is 9.59 Å². The molecule has 0 atom stereocenters. The third-order valence-corrected chi connectivity index (χ3v) is 4.55. The van der Waals surface area contributed by atoms with Crippen molar-refractivity contribution in [2.45, 2.75) is 0 Å². The van der Waals surface area contributed by atoms with Crippen LogP contribution in [-0.4, -0.2) is 30.3 Å². The number of nitrogens with one attached hydrogen (secondary N) is 1. The van der Waals surface area contributed by atoms with Gasteiger partial charge in [-0.1, -0.05) is 39.7 Å². The summed E-state index contributed by atoms with van der Waals surface area (Å²) in [6, 6.07) is 12.3. The van der Waals surface area contributed by atoms with Crippen molar-refractivity contribution in [3.8, 4) is 0 Å². The lowest BCUT2D eigenvalue weighted by Gasteiger charge is -2.18. The molecular formula is C16H13Br2ClN2O2. The topological polar surface area (TPSA) is 49.4 Å². The Morgan fingerprint density at radius 1 is 1.17 bits per heavy atom. The van der Waals surface area contributed by atoms with E-state index in [1.165, 1.54) is 4.90 Å². The minimum atomic E-state index is -0.321. The molecule has 2 amide bonds. The second-order valence-electron chi connectivity index (χ2n) is 4.81. The first kappa shape index (κ1) is 18.0. The highest BCUT2D eigenvalue weighted by molar-refractivity contribution is 9.10. The molecule has 23 heavy (non-hydrogen) atoms. The number of anilines is 1. The third kappa shape index (κ3) is 4.80. The first-order chi connectivity index (χ1) is 10.9. The first-order valence-electron chi connectivity index (χ1n) is 6.63. The summed E-state index contributed by atoms with van der Waals surface area (Å²) < 4.78 is 1.52. The highest BCUT2D eigenvalue weighted by Crippen LogP contribution is 2.23. The number of carbonyl (C=O) groups excluding carboxylic acids is 2. The zero-order chi connectivity index (χ0) is 17.0. The van der Waals surface area contributed by atoms with Gasteiger partial charge in [0.05, 0.1) is 22.8 Å². The van der Waals surface area contributed by atoms with E-state index in [-0.39, 0.29) is 18.4 Å². The number of hydrogen-bond acceptors (Lipinski definition) is 2. The maximum absolute atomic E-state index is 12.4. The van der Waals surface area contributed by atoms with Gasteiger partial charge in [0.25, 0.3) is 5.91 Å². The molecule has 0 fully saturated rings. The van der Waals surface area contributed by atoms with Gasteiger partial charge in [-0.3, -0.25) is 9.59 Å². The molecule has 0 radical (unpaired) electrons. The van der Waals surface area contributed by atoms with Gasteiger partial charge in [-0.2, -0.15) is 0 Å². The lowest BCUT2D eigenvalue weighted by molar-refractivity contribution is -0.116. The number of carbonyl (C=O) groups is 2.